The maximum absolute atomic E-state index is 12.6. The van der Waals surface area contributed by atoms with Crippen LogP contribution in [0.25, 0.3) is 0 Å². The molecule has 0 spiro atoms. The first-order valence-corrected chi connectivity index (χ1v) is 10.1. The van der Waals surface area contributed by atoms with E-state index >= 15 is 0 Å². The van der Waals surface area contributed by atoms with Crippen LogP contribution in [0.2, 0.25) is 0 Å². The van der Waals surface area contributed by atoms with Crippen LogP contribution in [0.4, 0.5) is 5.69 Å². The lowest BCUT2D eigenvalue weighted by molar-refractivity contribution is -0.115. The van der Waals surface area contributed by atoms with Crippen molar-refractivity contribution in [2.24, 2.45) is 0 Å². The van der Waals surface area contributed by atoms with Gasteiger partial charge in [-0.25, -0.2) is 9.89 Å². The van der Waals surface area contributed by atoms with Crippen molar-refractivity contribution in [1.82, 2.24) is 14.8 Å². The number of H-pyrrole nitrogens is 1. The molecule has 0 aliphatic rings. The predicted octanol–water partition coefficient (Wildman–Crippen LogP) is 3.55. The molecule has 2 N–H and O–H groups in total. The van der Waals surface area contributed by atoms with Gasteiger partial charge in [-0.1, -0.05) is 54.2 Å². The maximum Gasteiger partial charge on any atom is 0.343 e. The average Bonchev–Trinajstić information content (AvgIpc) is 3.03. The summed E-state index contributed by atoms with van der Waals surface area (Å²) in [5.74, 6) is -0.122. The lowest BCUT2D eigenvalue weighted by Gasteiger charge is -2.14. The van der Waals surface area contributed by atoms with Gasteiger partial charge in [-0.3, -0.25) is 9.36 Å². The topological polar surface area (TPSA) is 79.8 Å². The van der Waals surface area contributed by atoms with Crippen LogP contribution in [0.3, 0.4) is 0 Å². The minimum Gasteiger partial charge on any atom is -0.325 e. The molecule has 3 aromatic rings. The van der Waals surface area contributed by atoms with Crippen molar-refractivity contribution in [2.45, 2.75) is 44.1 Å². The largest absolute Gasteiger partial charge is 0.343 e. The van der Waals surface area contributed by atoms with E-state index in [9.17, 15) is 9.59 Å². The maximum atomic E-state index is 12.6. The Balaban J connectivity index is 1.67. The van der Waals surface area contributed by atoms with Gasteiger partial charge in [-0.2, -0.15) is 0 Å². The third-order valence-electron chi connectivity index (χ3n) is 4.49. The highest BCUT2D eigenvalue weighted by atomic mass is 32.2. The lowest BCUT2D eigenvalue weighted by Crippen LogP contribution is -2.24. The number of carbonyl (C=O) groups excluding carboxylic acids is 1. The quantitative estimate of drug-likeness (QED) is 0.599. The van der Waals surface area contributed by atoms with E-state index in [1.54, 1.807) is 4.57 Å². The van der Waals surface area contributed by atoms with Crippen LogP contribution in [0.1, 0.15) is 23.6 Å². The Kier molecular flexibility index (Phi) is 6.36. The van der Waals surface area contributed by atoms with E-state index in [4.69, 9.17) is 0 Å². The van der Waals surface area contributed by atoms with Crippen LogP contribution in [0.15, 0.2) is 58.5 Å². The molecule has 0 radical (unpaired) electrons. The Bertz CT molecular complexity index is 1010. The van der Waals surface area contributed by atoms with Crippen LogP contribution in [0, 0.1) is 13.8 Å². The van der Waals surface area contributed by atoms with E-state index in [2.05, 4.69) is 15.5 Å². The molecule has 1 amide bonds. The molecule has 0 saturated heterocycles. The zero-order valence-corrected chi connectivity index (χ0v) is 17.0. The third kappa shape index (κ3) is 4.92. The fraction of sp³-hybridized carbons (Fsp3) is 0.286. The number of amides is 1. The molecule has 0 saturated carbocycles. The summed E-state index contributed by atoms with van der Waals surface area (Å²) in [6.45, 7) is 6.27. The molecular formula is C21H24N4O2S. The number of aromatic amines is 1. The molecule has 1 heterocycles. The third-order valence-corrected chi connectivity index (χ3v) is 5.58. The predicted molar refractivity (Wildman–Crippen MR) is 113 cm³/mol. The smallest absolute Gasteiger partial charge is 0.325 e. The molecule has 28 heavy (non-hydrogen) atoms. The van der Waals surface area contributed by atoms with E-state index in [0.29, 0.717) is 11.7 Å². The van der Waals surface area contributed by atoms with Crippen molar-refractivity contribution in [3.05, 3.63) is 75.7 Å². The van der Waals surface area contributed by atoms with Gasteiger partial charge < -0.3 is 5.32 Å². The number of benzene rings is 2. The average molecular weight is 397 g/mol. The van der Waals surface area contributed by atoms with E-state index < -0.39 is 5.25 Å². The molecule has 0 aliphatic carbocycles. The highest BCUT2D eigenvalue weighted by Crippen LogP contribution is 2.23. The highest BCUT2D eigenvalue weighted by molar-refractivity contribution is 8.00. The zero-order chi connectivity index (χ0) is 20.1. The van der Waals surface area contributed by atoms with Crippen LogP contribution >= 0.6 is 11.8 Å². The van der Waals surface area contributed by atoms with Gasteiger partial charge in [0.1, 0.15) is 0 Å². The Morgan fingerprint density at radius 1 is 1.21 bits per heavy atom. The summed E-state index contributed by atoms with van der Waals surface area (Å²) < 4.78 is 1.58. The van der Waals surface area contributed by atoms with Gasteiger partial charge in [0.05, 0.1) is 5.25 Å². The van der Waals surface area contributed by atoms with E-state index in [-0.39, 0.29) is 11.6 Å². The number of hydrogen-bond donors (Lipinski definition) is 2. The minimum atomic E-state index is -0.398. The van der Waals surface area contributed by atoms with Gasteiger partial charge in [0.25, 0.3) is 0 Å². The van der Waals surface area contributed by atoms with Crippen molar-refractivity contribution in [2.75, 3.05) is 5.32 Å². The molecule has 2 aromatic carbocycles. The highest BCUT2D eigenvalue weighted by Gasteiger charge is 2.19. The Morgan fingerprint density at radius 3 is 2.71 bits per heavy atom. The molecule has 3 rings (SSSR count). The molecule has 1 aromatic heterocycles. The monoisotopic (exact) mass is 396 g/mol. The van der Waals surface area contributed by atoms with Gasteiger partial charge in [0.2, 0.25) is 5.91 Å². The summed E-state index contributed by atoms with van der Waals surface area (Å²) in [5.41, 5.74) is 3.78. The fourth-order valence-electron chi connectivity index (χ4n) is 2.79. The molecule has 6 nitrogen and oxygen atoms in total. The molecule has 1 atom stereocenters. The Labute approximate surface area is 168 Å². The van der Waals surface area contributed by atoms with Crippen LogP contribution in [-0.2, 0) is 17.8 Å². The standard InChI is InChI=1S/C21H24N4O2S/c1-14-9-10-15(2)18(13-14)22-19(26)16(3)28-21-24-23-20(27)25(21)12-11-17-7-5-4-6-8-17/h4-10,13,16H,11-12H2,1-3H3,(H,22,26)(H,23,27). The second-order valence-corrected chi connectivity index (χ2v) is 8.07. The van der Waals surface area contributed by atoms with E-state index in [1.807, 2.05) is 69.3 Å². The van der Waals surface area contributed by atoms with Crippen LogP contribution in [-0.4, -0.2) is 25.9 Å². The molecule has 0 fully saturated rings. The number of hydrogen-bond acceptors (Lipinski definition) is 4. The number of anilines is 1. The van der Waals surface area contributed by atoms with Crippen molar-refractivity contribution in [3.8, 4) is 0 Å². The fourth-order valence-corrected chi connectivity index (χ4v) is 3.67. The molecule has 7 heteroatoms. The number of aryl methyl sites for hydroxylation is 3. The van der Waals surface area contributed by atoms with Crippen LogP contribution in [0.5, 0.6) is 0 Å². The van der Waals surface area contributed by atoms with E-state index in [1.165, 1.54) is 11.8 Å². The second-order valence-electron chi connectivity index (χ2n) is 6.77. The van der Waals surface area contributed by atoms with Gasteiger partial charge in [-0.15, -0.1) is 5.10 Å². The van der Waals surface area contributed by atoms with Gasteiger partial charge in [0.15, 0.2) is 5.16 Å². The first-order chi connectivity index (χ1) is 13.4. The summed E-state index contributed by atoms with van der Waals surface area (Å²) in [6.07, 6.45) is 0.719. The molecular weight excluding hydrogens is 372 g/mol. The first-order valence-electron chi connectivity index (χ1n) is 9.18. The minimum absolute atomic E-state index is 0.122. The van der Waals surface area contributed by atoms with Crippen molar-refractivity contribution >= 4 is 23.4 Å². The first kappa shape index (κ1) is 19.9. The number of thioether (sulfide) groups is 1. The molecule has 0 aliphatic heterocycles. The number of carbonyl (C=O) groups is 1. The van der Waals surface area contributed by atoms with Crippen molar-refractivity contribution in [3.63, 3.8) is 0 Å². The lowest BCUT2D eigenvalue weighted by atomic mass is 10.1. The Morgan fingerprint density at radius 2 is 1.96 bits per heavy atom. The number of nitrogens with zero attached hydrogens (tertiary/aromatic N) is 2. The van der Waals surface area contributed by atoms with Gasteiger partial charge >= 0.3 is 5.69 Å². The summed E-state index contributed by atoms with van der Waals surface area (Å²) in [7, 11) is 0. The Hall–Kier alpha value is -2.80. The van der Waals surface area contributed by atoms with Gasteiger partial charge in [0, 0.05) is 12.2 Å². The second kappa shape index (κ2) is 8.93. The van der Waals surface area contributed by atoms with Gasteiger partial charge in [-0.05, 0) is 49.9 Å². The van der Waals surface area contributed by atoms with Crippen molar-refractivity contribution < 1.29 is 4.79 Å². The summed E-state index contributed by atoms with van der Waals surface area (Å²) in [6, 6.07) is 15.9. The molecule has 0 bridgehead atoms. The van der Waals surface area contributed by atoms with Crippen LogP contribution < -0.4 is 11.0 Å². The molecule has 1 unspecified atom stereocenters. The van der Waals surface area contributed by atoms with Crippen molar-refractivity contribution in [1.29, 1.82) is 0 Å². The summed E-state index contributed by atoms with van der Waals surface area (Å²) >= 11 is 1.27. The number of rotatable bonds is 7. The SMILES string of the molecule is Cc1ccc(C)c(NC(=O)C(C)Sc2n[nH]c(=O)n2CCc2ccccc2)c1. The normalized spacial score (nSPS) is 12.0. The zero-order valence-electron chi connectivity index (χ0n) is 16.2. The summed E-state index contributed by atoms with van der Waals surface area (Å²) in [5, 5.41) is 9.68. The van der Waals surface area contributed by atoms with E-state index in [0.717, 1.165) is 28.8 Å². The number of nitrogens with one attached hydrogen (secondary N) is 2. The molecule has 146 valence electrons. The summed E-state index contributed by atoms with van der Waals surface area (Å²) in [4.78, 5) is 24.7. The number of aromatic nitrogens is 3.